The Balaban J connectivity index is 2.72. The van der Waals surface area contributed by atoms with Gasteiger partial charge in [0.25, 0.3) is 0 Å². The highest BCUT2D eigenvalue weighted by Gasteiger charge is 2.13. The molecule has 0 spiro atoms. The van der Waals surface area contributed by atoms with Crippen LogP contribution in [0.2, 0.25) is 5.02 Å². The fourth-order valence-corrected chi connectivity index (χ4v) is 1.65. The SMILES string of the molecule is CNC(Cc1ncccc1Cl)C(C)C. The van der Waals surface area contributed by atoms with Crippen LogP contribution in [0.15, 0.2) is 18.3 Å². The molecule has 0 radical (unpaired) electrons. The molecule has 3 heteroatoms. The van der Waals surface area contributed by atoms with Crippen molar-refractivity contribution in [3.05, 3.63) is 29.0 Å². The van der Waals surface area contributed by atoms with Crippen molar-refractivity contribution >= 4 is 11.6 Å². The molecule has 0 saturated heterocycles. The Labute approximate surface area is 90.7 Å². The maximum atomic E-state index is 6.04. The minimum absolute atomic E-state index is 0.433. The summed E-state index contributed by atoms with van der Waals surface area (Å²) in [5.41, 5.74) is 0.974. The molecular formula is C11H17ClN2. The fourth-order valence-electron chi connectivity index (χ4n) is 1.45. The van der Waals surface area contributed by atoms with Gasteiger partial charge in [0.15, 0.2) is 0 Å². The van der Waals surface area contributed by atoms with E-state index < -0.39 is 0 Å². The van der Waals surface area contributed by atoms with Crippen molar-refractivity contribution in [3.63, 3.8) is 0 Å². The summed E-state index contributed by atoms with van der Waals surface area (Å²) in [5.74, 6) is 0.582. The lowest BCUT2D eigenvalue weighted by molar-refractivity contribution is 0.421. The summed E-state index contributed by atoms with van der Waals surface area (Å²) in [6, 6.07) is 4.18. The summed E-state index contributed by atoms with van der Waals surface area (Å²) in [5, 5.41) is 4.04. The van der Waals surface area contributed by atoms with E-state index in [1.54, 1.807) is 6.20 Å². The Hall–Kier alpha value is -0.600. The Bertz CT molecular complexity index is 286. The van der Waals surface area contributed by atoms with Gasteiger partial charge in [-0.2, -0.15) is 0 Å². The van der Waals surface area contributed by atoms with E-state index in [0.717, 1.165) is 17.1 Å². The number of hydrogen-bond acceptors (Lipinski definition) is 2. The average Bonchev–Trinajstić information content (AvgIpc) is 2.16. The first-order valence-electron chi connectivity index (χ1n) is 4.91. The minimum atomic E-state index is 0.433. The van der Waals surface area contributed by atoms with Gasteiger partial charge in [-0.3, -0.25) is 4.98 Å². The normalized spacial score (nSPS) is 13.2. The first-order chi connectivity index (χ1) is 6.65. The second-order valence-corrected chi connectivity index (χ2v) is 4.18. The van der Waals surface area contributed by atoms with Crippen LogP contribution in [0.1, 0.15) is 19.5 Å². The molecule has 0 bridgehead atoms. The molecule has 0 amide bonds. The van der Waals surface area contributed by atoms with E-state index >= 15 is 0 Å². The number of aromatic nitrogens is 1. The van der Waals surface area contributed by atoms with Gasteiger partial charge in [0.05, 0.1) is 10.7 Å². The third-order valence-electron chi connectivity index (χ3n) is 2.42. The van der Waals surface area contributed by atoms with Crippen molar-refractivity contribution < 1.29 is 0 Å². The van der Waals surface area contributed by atoms with Crippen LogP contribution < -0.4 is 5.32 Å². The summed E-state index contributed by atoms with van der Waals surface area (Å²) in [7, 11) is 1.97. The maximum Gasteiger partial charge on any atom is 0.0622 e. The average molecular weight is 213 g/mol. The number of halogens is 1. The van der Waals surface area contributed by atoms with E-state index in [4.69, 9.17) is 11.6 Å². The van der Waals surface area contributed by atoms with E-state index in [1.807, 2.05) is 19.2 Å². The summed E-state index contributed by atoms with van der Waals surface area (Å²) < 4.78 is 0. The van der Waals surface area contributed by atoms with Gasteiger partial charge in [0.2, 0.25) is 0 Å². The second-order valence-electron chi connectivity index (χ2n) is 3.78. The zero-order valence-corrected chi connectivity index (χ0v) is 9.67. The number of pyridine rings is 1. The summed E-state index contributed by atoms with van der Waals surface area (Å²) in [6.07, 6.45) is 2.67. The van der Waals surface area contributed by atoms with E-state index in [0.29, 0.717) is 12.0 Å². The number of rotatable bonds is 4. The Morgan fingerprint density at radius 3 is 2.71 bits per heavy atom. The Morgan fingerprint density at radius 2 is 2.21 bits per heavy atom. The van der Waals surface area contributed by atoms with Gasteiger partial charge in [-0.1, -0.05) is 25.4 Å². The molecule has 1 unspecified atom stereocenters. The molecule has 0 aromatic carbocycles. The molecule has 1 heterocycles. The van der Waals surface area contributed by atoms with Crippen LogP contribution in [0, 0.1) is 5.92 Å². The zero-order chi connectivity index (χ0) is 10.6. The highest BCUT2D eigenvalue weighted by molar-refractivity contribution is 6.31. The predicted octanol–water partition coefficient (Wildman–Crippen LogP) is 2.52. The number of nitrogens with one attached hydrogen (secondary N) is 1. The summed E-state index contributed by atoms with van der Waals surface area (Å²) in [4.78, 5) is 4.28. The van der Waals surface area contributed by atoms with E-state index in [1.165, 1.54) is 0 Å². The first-order valence-corrected chi connectivity index (χ1v) is 5.29. The third-order valence-corrected chi connectivity index (χ3v) is 2.77. The molecule has 14 heavy (non-hydrogen) atoms. The highest BCUT2D eigenvalue weighted by Crippen LogP contribution is 2.16. The molecule has 0 aliphatic rings. The molecule has 1 aromatic heterocycles. The van der Waals surface area contributed by atoms with Crippen LogP contribution in [-0.2, 0) is 6.42 Å². The molecule has 0 saturated carbocycles. The maximum absolute atomic E-state index is 6.04. The third kappa shape index (κ3) is 2.96. The molecule has 0 fully saturated rings. The van der Waals surface area contributed by atoms with Crippen LogP contribution in [0.5, 0.6) is 0 Å². The second kappa shape index (κ2) is 5.32. The Morgan fingerprint density at radius 1 is 1.50 bits per heavy atom. The van der Waals surface area contributed by atoms with Gasteiger partial charge in [-0.05, 0) is 25.1 Å². The lowest BCUT2D eigenvalue weighted by Gasteiger charge is -2.19. The number of nitrogens with zero attached hydrogens (tertiary/aromatic N) is 1. The van der Waals surface area contributed by atoms with Gasteiger partial charge < -0.3 is 5.32 Å². The van der Waals surface area contributed by atoms with Crippen LogP contribution >= 0.6 is 11.6 Å². The van der Waals surface area contributed by atoms with Gasteiger partial charge in [0.1, 0.15) is 0 Å². The zero-order valence-electron chi connectivity index (χ0n) is 8.92. The molecule has 1 rings (SSSR count). The predicted molar refractivity (Wildman–Crippen MR) is 60.6 cm³/mol. The van der Waals surface area contributed by atoms with Crippen molar-refractivity contribution in [2.75, 3.05) is 7.05 Å². The molecule has 1 aromatic rings. The molecule has 78 valence electrons. The summed E-state index contributed by atoms with van der Waals surface area (Å²) >= 11 is 6.04. The van der Waals surface area contributed by atoms with E-state index in [9.17, 15) is 0 Å². The van der Waals surface area contributed by atoms with Gasteiger partial charge >= 0.3 is 0 Å². The molecule has 1 atom stereocenters. The smallest absolute Gasteiger partial charge is 0.0622 e. The molecule has 0 aliphatic heterocycles. The van der Waals surface area contributed by atoms with Crippen molar-refractivity contribution in [2.24, 2.45) is 5.92 Å². The van der Waals surface area contributed by atoms with Crippen LogP contribution in [-0.4, -0.2) is 18.1 Å². The standard InChI is InChI=1S/C11H17ClN2/c1-8(2)10(13-3)7-11-9(12)5-4-6-14-11/h4-6,8,10,13H,7H2,1-3H3. The topological polar surface area (TPSA) is 24.9 Å². The van der Waals surface area contributed by atoms with E-state index in [2.05, 4.69) is 24.1 Å². The molecule has 0 aliphatic carbocycles. The quantitative estimate of drug-likeness (QED) is 0.830. The molecule has 1 N–H and O–H groups in total. The van der Waals surface area contributed by atoms with Crippen molar-refractivity contribution in [1.82, 2.24) is 10.3 Å². The van der Waals surface area contributed by atoms with Gasteiger partial charge in [-0.25, -0.2) is 0 Å². The minimum Gasteiger partial charge on any atom is -0.316 e. The number of likely N-dealkylation sites (N-methyl/N-ethyl adjacent to an activating group) is 1. The monoisotopic (exact) mass is 212 g/mol. The van der Waals surface area contributed by atoms with Crippen LogP contribution in [0.25, 0.3) is 0 Å². The Kier molecular flexibility index (Phi) is 4.36. The fraction of sp³-hybridized carbons (Fsp3) is 0.545. The summed E-state index contributed by atoms with van der Waals surface area (Å²) in [6.45, 7) is 4.38. The van der Waals surface area contributed by atoms with Gasteiger partial charge in [-0.15, -0.1) is 0 Å². The lowest BCUT2D eigenvalue weighted by atomic mass is 9.99. The number of hydrogen-bond donors (Lipinski definition) is 1. The van der Waals surface area contributed by atoms with Crippen molar-refractivity contribution in [2.45, 2.75) is 26.3 Å². The van der Waals surface area contributed by atoms with Gasteiger partial charge in [0, 0.05) is 18.7 Å². The molecular weight excluding hydrogens is 196 g/mol. The van der Waals surface area contributed by atoms with Crippen molar-refractivity contribution in [3.8, 4) is 0 Å². The van der Waals surface area contributed by atoms with E-state index in [-0.39, 0.29) is 0 Å². The largest absolute Gasteiger partial charge is 0.316 e. The van der Waals surface area contributed by atoms with Crippen LogP contribution in [0.3, 0.4) is 0 Å². The highest BCUT2D eigenvalue weighted by atomic mass is 35.5. The van der Waals surface area contributed by atoms with Crippen LogP contribution in [0.4, 0.5) is 0 Å². The molecule has 2 nitrogen and oxygen atoms in total. The first kappa shape index (κ1) is 11.5. The van der Waals surface area contributed by atoms with Crippen molar-refractivity contribution in [1.29, 1.82) is 0 Å². The lowest BCUT2D eigenvalue weighted by Crippen LogP contribution is -2.33.